The molecule has 0 N–H and O–H groups in total. The zero-order valence-corrected chi connectivity index (χ0v) is 9.98. The Bertz CT molecular complexity index is 374. The van der Waals surface area contributed by atoms with E-state index < -0.39 is 0 Å². The van der Waals surface area contributed by atoms with Crippen LogP contribution in [0.4, 0.5) is 0 Å². The molecule has 0 aliphatic heterocycles. The Balaban J connectivity index is 1.90. The van der Waals surface area contributed by atoms with Gasteiger partial charge in [-0.3, -0.25) is 0 Å². The summed E-state index contributed by atoms with van der Waals surface area (Å²) in [7, 11) is 0. The van der Waals surface area contributed by atoms with Crippen molar-refractivity contribution in [2.24, 2.45) is 5.41 Å². The van der Waals surface area contributed by atoms with Crippen LogP contribution in [0.1, 0.15) is 37.3 Å². The van der Waals surface area contributed by atoms with Gasteiger partial charge >= 0.3 is 0 Å². The second kappa shape index (κ2) is 3.01. The van der Waals surface area contributed by atoms with Crippen LogP contribution in [-0.4, -0.2) is 5.88 Å². The molecule has 0 heterocycles. The van der Waals surface area contributed by atoms with Crippen LogP contribution in [0.3, 0.4) is 0 Å². The lowest BCUT2D eigenvalue weighted by atomic mass is 9.34. The summed E-state index contributed by atoms with van der Waals surface area (Å²) in [5.74, 6) is 0.864. The van der Waals surface area contributed by atoms with E-state index in [4.69, 9.17) is 11.6 Å². The summed E-state index contributed by atoms with van der Waals surface area (Å²) in [6.45, 7) is 2.25. The van der Waals surface area contributed by atoms with Crippen molar-refractivity contribution in [1.82, 2.24) is 0 Å². The number of rotatable bonds is 3. The van der Waals surface area contributed by atoms with Crippen LogP contribution >= 0.6 is 11.6 Å². The summed E-state index contributed by atoms with van der Waals surface area (Å²) in [5.41, 5.74) is 4.21. The largest absolute Gasteiger partial charge is 0.126 e. The molecule has 1 aromatic rings. The van der Waals surface area contributed by atoms with Crippen molar-refractivity contribution in [3.8, 4) is 0 Å². The van der Waals surface area contributed by atoms with Crippen LogP contribution in [0, 0.1) is 5.41 Å². The van der Waals surface area contributed by atoms with Crippen molar-refractivity contribution in [3.63, 3.8) is 0 Å². The van der Waals surface area contributed by atoms with Crippen molar-refractivity contribution in [3.05, 3.63) is 35.4 Å². The predicted octanol–water partition coefficient (Wildman–Crippen LogP) is 3.91. The van der Waals surface area contributed by atoms with Crippen molar-refractivity contribution in [2.75, 3.05) is 5.88 Å². The number of hydrogen-bond acceptors (Lipinski definition) is 0. The minimum Gasteiger partial charge on any atom is -0.126 e. The third kappa shape index (κ3) is 1.15. The molecule has 4 rings (SSSR count). The molecule has 3 fully saturated rings. The van der Waals surface area contributed by atoms with Crippen molar-refractivity contribution < 1.29 is 0 Å². The first kappa shape index (κ1) is 9.72. The Morgan fingerprint density at radius 2 is 1.87 bits per heavy atom. The lowest BCUT2D eigenvalue weighted by Gasteiger charge is -2.71. The molecule has 0 nitrogen and oxygen atoms in total. The van der Waals surface area contributed by atoms with E-state index in [9.17, 15) is 0 Å². The Kier molecular flexibility index (Phi) is 1.95. The van der Waals surface area contributed by atoms with Gasteiger partial charge in [0.2, 0.25) is 0 Å². The second-order valence-corrected chi connectivity index (χ2v) is 5.72. The van der Waals surface area contributed by atoms with Crippen LogP contribution in [0.25, 0.3) is 0 Å². The van der Waals surface area contributed by atoms with Gasteiger partial charge in [-0.25, -0.2) is 0 Å². The zero-order chi connectivity index (χ0) is 10.5. The minimum absolute atomic E-state index is 0.529. The molecule has 0 saturated heterocycles. The van der Waals surface area contributed by atoms with Crippen molar-refractivity contribution >= 4 is 11.6 Å². The van der Waals surface area contributed by atoms with Crippen LogP contribution < -0.4 is 0 Å². The topological polar surface area (TPSA) is 0 Å². The smallest absolute Gasteiger partial charge is 0.0280 e. The Hall–Kier alpha value is -0.490. The van der Waals surface area contributed by atoms with Crippen LogP contribution in [0.5, 0.6) is 0 Å². The summed E-state index contributed by atoms with van der Waals surface area (Å²) in [5, 5.41) is 0. The number of benzene rings is 1. The van der Waals surface area contributed by atoms with E-state index in [1.807, 2.05) is 0 Å². The van der Waals surface area contributed by atoms with Gasteiger partial charge < -0.3 is 0 Å². The first-order valence-corrected chi connectivity index (χ1v) is 6.41. The summed E-state index contributed by atoms with van der Waals surface area (Å²) in [6.07, 6.45) is 5.16. The van der Waals surface area contributed by atoms with E-state index in [0.717, 1.165) is 12.3 Å². The quantitative estimate of drug-likeness (QED) is 0.678. The molecule has 0 aromatic heterocycles. The molecule has 0 amide bonds. The first-order chi connectivity index (χ1) is 7.24. The molecule has 0 spiro atoms. The van der Waals surface area contributed by atoms with E-state index in [0.29, 0.717) is 10.8 Å². The normalized spacial score (nSPS) is 36.9. The SMILES string of the molecule is CCc1ccccc1C12CC(CCl)(C1)C2. The Morgan fingerprint density at radius 3 is 2.47 bits per heavy atom. The number of hydrogen-bond donors (Lipinski definition) is 0. The van der Waals surface area contributed by atoms with E-state index in [-0.39, 0.29) is 0 Å². The second-order valence-electron chi connectivity index (χ2n) is 5.45. The lowest BCUT2D eigenvalue weighted by molar-refractivity contribution is -0.122. The summed E-state index contributed by atoms with van der Waals surface area (Å²) in [4.78, 5) is 0. The molecule has 2 bridgehead atoms. The average Bonchev–Trinajstić information content (AvgIpc) is 2.15. The number of aryl methyl sites for hydroxylation is 1. The molecular formula is C14H17Cl. The van der Waals surface area contributed by atoms with Crippen molar-refractivity contribution in [2.45, 2.75) is 38.0 Å². The van der Waals surface area contributed by atoms with Crippen molar-refractivity contribution in [1.29, 1.82) is 0 Å². The highest BCUT2D eigenvalue weighted by molar-refractivity contribution is 6.18. The predicted molar refractivity (Wildman–Crippen MR) is 64.5 cm³/mol. The lowest BCUT2D eigenvalue weighted by Crippen LogP contribution is -2.65. The number of halogens is 1. The molecule has 80 valence electrons. The van der Waals surface area contributed by atoms with Gasteiger partial charge in [0.15, 0.2) is 0 Å². The van der Waals surface area contributed by atoms with Gasteiger partial charge in [-0.05, 0) is 47.6 Å². The maximum Gasteiger partial charge on any atom is 0.0280 e. The van der Waals surface area contributed by atoms with Gasteiger partial charge in [0.05, 0.1) is 0 Å². The first-order valence-electron chi connectivity index (χ1n) is 5.88. The number of alkyl halides is 1. The van der Waals surface area contributed by atoms with Gasteiger partial charge in [0, 0.05) is 5.88 Å². The van der Waals surface area contributed by atoms with E-state index in [2.05, 4.69) is 31.2 Å². The van der Waals surface area contributed by atoms with Gasteiger partial charge in [-0.2, -0.15) is 0 Å². The standard InChI is InChI=1S/C14H17Cl/c1-2-11-5-3-4-6-12(11)14-7-13(8-14,9-14)10-15/h3-6H,2,7-10H2,1H3. The highest BCUT2D eigenvalue weighted by Gasteiger charge is 2.67. The molecular weight excluding hydrogens is 204 g/mol. The van der Waals surface area contributed by atoms with Crippen LogP contribution in [0.2, 0.25) is 0 Å². The molecule has 3 aliphatic carbocycles. The summed E-state index contributed by atoms with van der Waals surface area (Å²) in [6, 6.07) is 8.95. The Morgan fingerprint density at radius 1 is 1.20 bits per heavy atom. The maximum absolute atomic E-state index is 6.01. The monoisotopic (exact) mass is 220 g/mol. The molecule has 15 heavy (non-hydrogen) atoms. The molecule has 3 saturated carbocycles. The highest BCUT2D eigenvalue weighted by Crippen LogP contribution is 2.74. The van der Waals surface area contributed by atoms with Gasteiger partial charge in [-0.15, -0.1) is 11.6 Å². The third-order valence-corrected chi connectivity index (χ3v) is 4.96. The molecule has 3 aliphatic rings. The third-order valence-electron chi connectivity index (χ3n) is 4.39. The van der Waals surface area contributed by atoms with Crippen LogP contribution in [0.15, 0.2) is 24.3 Å². The zero-order valence-electron chi connectivity index (χ0n) is 9.22. The van der Waals surface area contributed by atoms with Gasteiger partial charge in [0.1, 0.15) is 0 Å². The molecule has 0 radical (unpaired) electrons. The van der Waals surface area contributed by atoms with E-state index in [1.165, 1.54) is 19.3 Å². The minimum atomic E-state index is 0.529. The van der Waals surface area contributed by atoms with E-state index >= 15 is 0 Å². The molecule has 1 aromatic carbocycles. The Labute approximate surface area is 96.6 Å². The fourth-order valence-corrected chi connectivity index (χ4v) is 4.06. The summed E-state index contributed by atoms with van der Waals surface area (Å²) < 4.78 is 0. The van der Waals surface area contributed by atoms with Gasteiger partial charge in [0.25, 0.3) is 0 Å². The maximum atomic E-state index is 6.01. The molecule has 1 heteroatoms. The highest BCUT2D eigenvalue weighted by atomic mass is 35.5. The average molecular weight is 221 g/mol. The fourth-order valence-electron chi connectivity index (χ4n) is 3.77. The summed E-state index contributed by atoms with van der Waals surface area (Å²) >= 11 is 6.01. The fraction of sp³-hybridized carbons (Fsp3) is 0.571. The van der Waals surface area contributed by atoms with Gasteiger partial charge in [-0.1, -0.05) is 31.2 Å². The van der Waals surface area contributed by atoms with Crippen LogP contribution in [-0.2, 0) is 11.8 Å². The molecule has 0 unspecified atom stereocenters. The van der Waals surface area contributed by atoms with E-state index in [1.54, 1.807) is 11.1 Å². The molecule has 0 atom stereocenters.